The van der Waals surface area contributed by atoms with Crippen LogP contribution in [0.15, 0.2) is 42.7 Å². The highest BCUT2D eigenvalue weighted by Gasteiger charge is 1.98. The summed E-state index contributed by atoms with van der Waals surface area (Å²) >= 11 is 0. The van der Waals surface area contributed by atoms with Crippen molar-refractivity contribution >= 4 is 0 Å². The number of aromatic nitrogens is 2. The van der Waals surface area contributed by atoms with E-state index in [2.05, 4.69) is 16.9 Å². The molecule has 0 saturated carbocycles. The van der Waals surface area contributed by atoms with Crippen molar-refractivity contribution in [2.75, 3.05) is 0 Å². The summed E-state index contributed by atoms with van der Waals surface area (Å²) in [5.74, 6) is 0. The molecule has 0 bridgehead atoms. The monoisotopic (exact) mass is 198 g/mol. The molecule has 0 N–H and O–H groups in total. The average Bonchev–Trinajstić information content (AvgIpc) is 2.32. The third-order valence-electron chi connectivity index (χ3n) is 2.28. The largest absolute Gasteiger partial charge is 0.257 e. The maximum Gasteiger partial charge on any atom is 0.0885 e. The van der Waals surface area contributed by atoms with Crippen LogP contribution < -0.4 is 0 Å². The lowest BCUT2D eigenvalue weighted by molar-refractivity contribution is 0.872. The smallest absolute Gasteiger partial charge is 0.0885 e. The molecular formula is C13H14N2. The minimum absolute atomic E-state index is 0.940. The third kappa shape index (κ3) is 2.40. The Kier molecular flexibility index (Phi) is 3.08. The zero-order chi connectivity index (χ0) is 10.5. The van der Waals surface area contributed by atoms with Gasteiger partial charge >= 0.3 is 0 Å². The topological polar surface area (TPSA) is 25.8 Å². The van der Waals surface area contributed by atoms with Crippen LogP contribution >= 0.6 is 0 Å². The van der Waals surface area contributed by atoms with Crippen molar-refractivity contribution in [3.63, 3.8) is 0 Å². The zero-order valence-electron chi connectivity index (χ0n) is 8.85. The van der Waals surface area contributed by atoms with Gasteiger partial charge < -0.3 is 0 Å². The van der Waals surface area contributed by atoms with Crippen LogP contribution in [-0.4, -0.2) is 9.97 Å². The van der Waals surface area contributed by atoms with Crippen LogP contribution in [0.5, 0.6) is 0 Å². The summed E-state index contributed by atoms with van der Waals surface area (Å²) in [5.41, 5.74) is 3.13. The van der Waals surface area contributed by atoms with E-state index >= 15 is 0 Å². The van der Waals surface area contributed by atoms with Gasteiger partial charge in [-0.3, -0.25) is 9.97 Å². The molecule has 0 saturated heterocycles. The molecule has 2 heteroatoms. The Bertz CT molecular complexity index is 406. The van der Waals surface area contributed by atoms with Crippen molar-refractivity contribution in [1.29, 1.82) is 0 Å². The number of hydrogen-bond acceptors (Lipinski definition) is 2. The fourth-order valence-electron chi connectivity index (χ4n) is 1.50. The molecule has 0 atom stereocenters. The quantitative estimate of drug-likeness (QED) is 0.757. The summed E-state index contributed by atoms with van der Waals surface area (Å²) in [7, 11) is 0. The molecule has 0 aliphatic heterocycles. The minimum atomic E-state index is 0.940. The second kappa shape index (κ2) is 4.69. The molecule has 1 aromatic carbocycles. The molecule has 0 fully saturated rings. The predicted octanol–water partition coefficient (Wildman–Crippen LogP) is 3.10. The number of rotatable bonds is 3. The van der Waals surface area contributed by atoms with E-state index < -0.39 is 0 Å². The maximum absolute atomic E-state index is 4.41. The van der Waals surface area contributed by atoms with Crippen LogP contribution in [0.4, 0.5) is 0 Å². The van der Waals surface area contributed by atoms with Gasteiger partial charge in [0.25, 0.3) is 0 Å². The normalized spacial score (nSPS) is 10.2. The van der Waals surface area contributed by atoms with Crippen LogP contribution in [0.3, 0.4) is 0 Å². The molecule has 0 spiro atoms. The Morgan fingerprint density at radius 3 is 2.40 bits per heavy atom. The lowest BCUT2D eigenvalue weighted by Crippen LogP contribution is -1.92. The van der Waals surface area contributed by atoms with Gasteiger partial charge in [-0.2, -0.15) is 0 Å². The van der Waals surface area contributed by atoms with Gasteiger partial charge in [0.1, 0.15) is 0 Å². The van der Waals surface area contributed by atoms with Crippen LogP contribution in [-0.2, 0) is 6.42 Å². The fraction of sp³-hybridized carbons (Fsp3) is 0.231. The molecule has 2 nitrogen and oxygen atoms in total. The van der Waals surface area contributed by atoms with Gasteiger partial charge in [0.05, 0.1) is 17.6 Å². The van der Waals surface area contributed by atoms with E-state index in [1.807, 2.05) is 42.7 Å². The molecule has 15 heavy (non-hydrogen) atoms. The maximum atomic E-state index is 4.41. The number of aryl methyl sites for hydroxylation is 1. The molecule has 0 aliphatic carbocycles. The first-order valence-electron chi connectivity index (χ1n) is 5.26. The van der Waals surface area contributed by atoms with Crippen molar-refractivity contribution in [1.82, 2.24) is 9.97 Å². The second-order valence-corrected chi connectivity index (χ2v) is 3.51. The highest BCUT2D eigenvalue weighted by atomic mass is 14.8. The molecule has 0 amide bonds. The Morgan fingerprint density at radius 2 is 1.80 bits per heavy atom. The van der Waals surface area contributed by atoms with Crippen molar-refractivity contribution in [3.05, 3.63) is 48.4 Å². The van der Waals surface area contributed by atoms with Gasteiger partial charge in [-0.05, 0) is 6.42 Å². The zero-order valence-corrected chi connectivity index (χ0v) is 8.85. The van der Waals surface area contributed by atoms with Gasteiger partial charge in [0, 0.05) is 11.8 Å². The summed E-state index contributed by atoms with van der Waals surface area (Å²) < 4.78 is 0. The van der Waals surface area contributed by atoms with Crippen LogP contribution in [0.25, 0.3) is 11.3 Å². The number of benzene rings is 1. The van der Waals surface area contributed by atoms with E-state index in [4.69, 9.17) is 0 Å². The fourth-order valence-corrected chi connectivity index (χ4v) is 1.50. The molecule has 0 aliphatic rings. The van der Waals surface area contributed by atoms with E-state index in [1.54, 1.807) is 0 Å². The molecule has 0 radical (unpaired) electrons. The third-order valence-corrected chi connectivity index (χ3v) is 2.28. The van der Waals surface area contributed by atoms with Crippen LogP contribution in [0.2, 0.25) is 0 Å². The average molecular weight is 198 g/mol. The Labute approximate surface area is 90.0 Å². The molecule has 0 unspecified atom stereocenters. The summed E-state index contributed by atoms with van der Waals surface area (Å²) in [6.07, 6.45) is 5.83. The molecular weight excluding hydrogens is 184 g/mol. The highest BCUT2D eigenvalue weighted by molar-refractivity contribution is 5.57. The molecule has 1 aromatic heterocycles. The summed E-state index contributed by atoms with van der Waals surface area (Å²) in [4.78, 5) is 8.79. The first kappa shape index (κ1) is 9.84. The summed E-state index contributed by atoms with van der Waals surface area (Å²) in [5, 5.41) is 0. The van der Waals surface area contributed by atoms with E-state index in [0.29, 0.717) is 0 Å². The Hall–Kier alpha value is -1.70. The van der Waals surface area contributed by atoms with Crippen molar-refractivity contribution in [2.24, 2.45) is 0 Å². The van der Waals surface area contributed by atoms with Crippen molar-refractivity contribution in [2.45, 2.75) is 19.8 Å². The lowest BCUT2D eigenvalue weighted by atomic mass is 10.1. The highest BCUT2D eigenvalue weighted by Crippen LogP contribution is 2.14. The van der Waals surface area contributed by atoms with E-state index in [1.165, 1.54) is 0 Å². The van der Waals surface area contributed by atoms with Crippen LogP contribution in [0, 0.1) is 0 Å². The van der Waals surface area contributed by atoms with Gasteiger partial charge in [-0.1, -0.05) is 43.7 Å². The lowest BCUT2D eigenvalue weighted by Gasteiger charge is -2.01. The summed E-state index contributed by atoms with van der Waals surface area (Å²) in [6, 6.07) is 10.1. The van der Waals surface area contributed by atoms with E-state index in [-0.39, 0.29) is 0 Å². The standard InChI is InChI=1S/C13H14N2/c1-2-6-12-9-15-13(10-14-12)11-7-4-3-5-8-11/h3-5,7-10H,2,6H2,1H3. The molecule has 2 rings (SSSR count). The van der Waals surface area contributed by atoms with Crippen molar-refractivity contribution < 1.29 is 0 Å². The Balaban J connectivity index is 2.24. The SMILES string of the molecule is CCCc1cnc(-c2ccccc2)cn1. The van der Waals surface area contributed by atoms with E-state index in [0.717, 1.165) is 29.8 Å². The summed E-state index contributed by atoms with van der Waals surface area (Å²) in [6.45, 7) is 2.15. The van der Waals surface area contributed by atoms with Gasteiger partial charge in [0.15, 0.2) is 0 Å². The molecule has 2 aromatic rings. The first-order chi connectivity index (χ1) is 7.40. The van der Waals surface area contributed by atoms with Gasteiger partial charge in [-0.15, -0.1) is 0 Å². The predicted molar refractivity (Wildman–Crippen MR) is 61.5 cm³/mol. The number of hydrogen-bond donors (Lipinski definition) is 0. The second-order valence-electron chi connectivity index (χ2n) is 3.51. The molecule has 1 heterocycles. The first-order valence-corrected chi connectivity index (χ1v) is 5.26. The Morgan fingerprint density at radius 1 is 1.00 bits per heavy atom. The van der Waals surface area contributed by atoms with Crippen LogP contribution in [0.1, 0.15) is 19.0 Å². The van der Waals surface area contributed by atoms with Gasteiger partial charge in [0.2, 0.25) is 0 Å². The van der Waals surface area contributed by atoms with Crippen molar-refractivity contribution in [3.8, 4) is 11.3 Å². The van der Waals surface area contributed by atoms with Gasteiger partial charge in [-0.25, -0.2) is 0 Å². The minimum Gasteiger partial charge on any atom is -0.257 e. The van der Waals surface area contributed by atoms with E-state index in [9.17, 15) is 0 Å². The number of nitrogens with zero attached hydrogens (tertiary/aromatic N) is 2. The molecule has 76 valence electrons.